The minimum absolute atomic E-state index is 0.0574. The maximum absolute atomic E-state index is 12.5. The number of aromatic amines is 1. The Kier molecular flexibility index (Phi) is 7.08. The molecular weight excluding hydrogens is 392 g/mol. The standard InChI is InChI=1S/C19H26N6O3S/c1-13(2)8-11-29-16-7-6-14(12-15(16)25(27)28)17(26)20-18-21-19(23-22-18)24-9-4-3-5-10-24/h6-7,12-13H,3-5,8-11H2,1-2H3,(H2,20,21,22,23,26). The van der Waals surface area contributed by atoms with Gasteiger partial charge in [-0.2, -0.15) is 4.98 Å². The van der Waals surface area contributed by atoms with Gasteiger partial charge in [-0.25, -0.2) is 5.10 Å². The summed E-state index contributed by atoms with van der Waals surface area (Å²) in [6.07, 6.45) is 4.37. The monoisotopic (exact) mass is 418 g/mol. The first-order valence-corrected chi connectivity index (χ1v) is 10.8. The van der Waals surface area contributed by atoms with Crippen LogP contribution in [-0.2, 0) is 0 Å². The zero-order valence-electron chi connectivity index (χ0n) is 16.7. The van der Waals surface area contributed by atoms with Crippen LogP contribution in [0.4, 0.5) is 17.6 Å². The average Bonchev–Trinajstić information content (AvgIpc) is 3.17. The number of rotatable bonds is 8. The molecule has 10 heteroatoms. The topological polar surface area (TPSA) is 117 Å². The van der Waals surface area contributed by atoms with Gasteiger partial charge in [0.1, 0.15) is 0 Å². The molecule has 0 spiro atoms. The van der Waals surface area contributed by atoms with Gasteiger partial charge in [0, 0.05) is 24.7 Å². The van der Waals surface area contributed by atoms with Gasteiger partial charge < -0.3 is 4.90 Å². The number of H-pyrrole nitrogens is 1. The molecule has 0 unspecified atom stereocenters. The molecule has 1 aromatic carbocycles. The molecule has 1 aliphatic heterocycles. The van der Waals surface area contributed by atoms with Crippen LogP contribution in [0.1, 0.15) is 49.9 Å². The number of carbonyl (C=O) groups excluding carboxylic acids is 1. The van der Waals surface area contributed by atoms with Crippen molar-refractivity contribution < 1.29 is 9.72 Å². The van der Waals surface area contributed by atoms with E-state index >= 15 is 0 Å². The van der Waals surface area contributed by atoms with Gasteiger partial charge in [0.2, 0.25) is 11.9 Å². The number of piperidine rings is 1. The van der Waals surface area contributed by atoms with Crippen molar-refractivity contribution in [2.24, 2.45) is 5.92 Å². The zero-order chi connectivity index (χ0) is 20.8. The number of nitro groups is 1. The smallest absolute Gasteiger partial charge is 0.283 e. The molecule has 1 aromatic heterocycles. The Balaban J connectivity index is 1.68. The van der Waals surface area contributed by atoms with Crippen molar-refractivity contribution in [2.45, 2.75) is 44.4 Å². The predicted octanol–water partition coefficient (Wildman–Crippen LogP) is 4.09. The van der Waals surface area contributed by atoms with Crippen LogP contribution in [-0.4, -0.2) is 44.9 Å². The third-order valence-electron chi connectivity index (χ3n) is 4.72. The summed E-state index contributed by atoms with van der Waals surface area (Å²) in [5.41, 5.74) is 0.152. The van der Waals surface area contributed by atoms with E-state index in [1.165, 1.54) is 24.2 Å². The van der Waals surface area contributed by atoms with E-state index in [2.05, 4.69) is 39.2 Å². The lowest BCUT2D eigenvalue weighted by molar-refractivity contribution is -0.387. The summed E-state index contributed by atoms with van der Waals surface area (Å²) < 4.78 is 0. The van der Waals surface area contributed by atoms with Crippen LogP contribution < -0.4 is 10.2 Å². The van der Waals surface area contributed by atoms with Crippen LogP contribution in [0.3, 0.4) is 0 Å². The second-order valence-electron chi connectivity index (χ2n) is 7.46. The van der Waals surface area contributed by atoms with Gasteiger partial charge >= 0.3 is 0 Å². The van der Waals surface area contributed by atoms with Crippen LogP contribution in [0.15, 0.2) is 23.1 Å². The van der Waals surface area contributed by atoms with Crippen molar-refractivity contribution in [3.05, 3.63) is 33.9 Å². The molecule has 2 heterocycles. The molecule has 29 heavy (non-hydrogen) atoms. The number of carbonyl (C=O) groups is 1. The molecule has 0 radical (unpaired) electrons. The van der Waals surface area contributed by atoms with E-state index in [0.717, 1.165) is 38.1 Å². The number of nitro benzene ring substituents is 1. The van der Waals surface area contributed by atoms with E-state index in [-0.39, 0.29) is 17.2 Å². The number of amides is 1. The number of nitrogens with one attached hydrogen (secondary N) is 2. The maximum atomic E-state index is 12.5. The highest BCUT2D eigenvalue weighted by molar-refractivity contribution is 7.99. The van der Waals surface area contributed by atoms with Gasteiger partial charge in [0.15, 0.2) is 0 Å². The second kappa shape index (κ2) is 9.73. The first kappa shape index (κ1) is 21.1. The normalized spacial score (nSPS) is 14.2. The number of aromatic nitrogens is 3. The number of benzene rings is 1. The Bertz CT molecular complexity index is 863. The lowest BCUT2D eigenvalue weighted by Crippen LogP contribution is -2.30. The SMILES string of the molecule is CC(C)CCSc1ccc(C(=O)Nc2nc(N3CCCCC3)n[nH]2)cc1[N+](=O)[O-]. The van der Waals surface area contributed by atoms with Gasteiger partial charge in [0.05, 0.1) is 9.82 Å². The third-order valence-corrected chi connectivity index (χ3v) is 5.81. The molecule has 156 valence electrons. The lowest BCUT2D eigenvalue weighted by atomic mass is 10.1. The molecule has 2 aromatic rings. The van der Waals surface area contributed by atoms with Crippen molar-refractivity contribution in [1.29, 1.82) is 0 Å². The summed E-state index contributed by atoms with van der Waals surface area (Å²) in [7, 11) is 0. The molecular formula is C19H26N6O3S. The fourth-order valence-electron chi connectivity index (χ4n) is 3.05. The van der Waals surface area contributed by atoms with Crippen LogP contribution in [0.5, 0.6) is 0 Å². The minimum Gasteiger partial charge on any atom is -0.340 e. The molecule has 9 nitrogen and oxygen atoms in total. The molecule has 1 aliphatic rings. The van der Waals surface area contributed by atoms with E-state index in [1.54, 1.807) is 12.1 Å². The summed E-state index contributed by atoms with van der Waals surface area (Å²) in [5.74, 6) is 1.65. The van der Waals surface area contributed by atoms with Crippen LogP contribution in [0.25, 0.3) is 0 Å². The van der Waals surface area contributed by atoms with Crippen LogP contribution in [0, 0.1) is 16.0 Å². The molecule has 1 saturated heterocycles. The summed E-state index contributed by atoms with van der Waals surface area (Å²) in [6, 6.07) is 4.55. The van der Waals surface area contributed by atoms with Crippen LogP contribution >= 0.6 is 11.8 Å². The molecule has 0 bridgehead atoms. The second-order valence-corrected chi connectivity index (χ2v) is 8.59. The molecule has 1 fully saturated rings. The predicted molar refractivity (Wildman–Crippen MR) is 114 cm³/mol. The average molecular weight is 419 g/mol. The van der Waals surface area contributed by atoms with E-state index in [9.17, 15) is 14.9 Å². The van der Waals surface area contributed by atoms with Crippen molar-refractivity contribution in [3.63, 3.8) is 0 Å². The first-order chi connectivity index (χ1) is 13.9. The Morgan fingerprint density at radius 1 is 1.34 bits per heavy atom. The Hall–Kier alpha value is -2.62. The highest BCUT2D eigenvalue weighted by Gasteiger charge is 2.20. The maximum Gasteiger partial charge on any atom is 0.283 e. The van der Waals surface area contributed by atoms with Gasteiger partial charge in [-0.3, -0.25) is 20.2 Å². The quantitative estimate of drug-likeness (QED) is 0.376. The molecule has 0 atom stereocenters. The molecule has 2 N–H and O–H groups in total. The Morgan fingerprint density at radius 2 is 2.10 bits per heavy atom. The van der Waals surface area contributed by atoms with Gasteiger partial charge in [-0.1, -0.05) is 13.8 Å². The number of nitrogens with zero attached hydrogens (tertiary/aromatic N) is 4. The Labute approximate surface area is 173 Å². The minimum atomic E-state index is -0.465. The molecule has 3 rings (SSSR count). The molecule has 1 amide bonds. The van der Waals surface area contributed by atoms with Crippen molar-refractivity contribution in [1.82, 2.24) is 15.2 Å². The number of thioether (sulfide) groups is 1. The highest BCUT2D eigenvalue weighted by atomic mass is 32.2. The fourth-order valence-corrected chi connectivity index (χ4v) is 4.31. The van der Waals surface area contributed by atoms with Gasteiger partial charge in [0.25, 0.3) is 11.6 Å². The van der Waals surface area contributed by atoms with Crippen molar-refractivity contribution >= 4 is 35.3 Å². The first-order valence-electron chi connectivity index (χ1n) is 9.84. The van der Waals surface area contributed by atoms with E-state index in [1.807, 2.05) is 0 Å². The summed E-state index contributed by atoms with van der Waals surface area (Å²) >= 11 is 1.44. The number of hydrogen-bond acceptors (Lipinski definition) is 7. The van der Waals surface area contributed by atoms with Gasteiger partial charge in [-0.05, 0) is 49.5 Å². The largest absolute Gasteiger partial charge is 0.340 e. The van der Waals surface area contributed by atoms with Gasteiger partial charge in [-0.15, -0.1) is 16.9 Å². The van der Waals surface area contributed by atoms with E-state index in [4.69, 9.17) is 0 Å². The highest BCUT2D eigenvalue weighted by Crippen LogP contribution is 2.31. The van der Waals surface area contributed by atoms with E-state index < -0.39 is 10.8 Å². The molecule has 0 aliphatic carbocycles. The summed E-state index contributed by atoms with van der Waals surface area (Å²) in [4.78, 5) is 30.5. The Morgan fingerprint density at radius 3 is 2.79 bits per heavy atom. The fraction of sp³-hybridized carbons (Fsp3) is 0.526. The lowest BCUT2D eigenvalue weighted by Gasteiger charge is -2.24. The summed E-state index contributed by atoms with van der Waals surface area (Å²) in [5, 5.41) is 21.0. The van der Waals surface area contributed by atoms with Crippen molar-refractivity contribution in [2.75, 3.05) is 29.1 Å². The molecule has 0 saturated carbocycles. The third kappa shape index (κ3) is 5.69. The van der Waals surface area contributed by atoms with Crippen LogP contribution in [0.2, 0.25) is 0 Å². The summed E-state index contributed by atoms with van der Waals surface area (Å²) in [6.45, 7) is 6.02. The van der Waals surface area contributed by atoms with Crippen molar-refractivity contribution in [3.8, 4) is 0 Å². The number of anilines is 2. The van der Waals surface area contributed by atoms with E-state index in [0.29, 0.717) is 16.8 Å². The number of hydrogen-bond donors (Lipinski definition) is 2. The zero-order valence-corrected chi connectivity index (χ0v) is 17.5.